The number of rotatable bonds is 12. The minimum atomic E-state index is -3.44. The highest BCUT2D eigenvalue weighted by Gasteiger charge is 2.12. The molecule has 0 atom stereocenters. The zero-order valence-corrected chi connectivity index (χ0v) is 19.3. The van der Waals surface area contributed by atoms with Crippen molar-refractivity contribution >= 4 is 27.5 Å². The van der Waals surface area contributed by atoms with Crippen LogP contribution in [0.1, 0.15) is 36.2 Å². The Labute approximate surface area is 188 Å². The number of amides is 2. The monoisotopic (exact) mass is 463 g/mol. The van der Waals surface area contributed by atoms with Crippen LogP contribution in [0.25, 0.3) is 0 Å². The van der Waals surface area contributed by atoms with E-state index in [4.69, 9.17) is 9.47 Å². The highest BCUT2D eigenvalue weighted by atomic mass is 32.2. The molecule has 2 rings (SSSR count). The summed E-state index contributed by atoms with van der Waals surface area (Å²) in [5.41, 5.74) is 1.43. The van der Waals surface area contributed by atoms with Crippen LogP contribution >= 0.6 is 0 Å². The molecule has 0 aromatic heterocycles. The fourth-order valence-corrected chi connectivity index (χ4v) is 3.97. The molecule has 0 aliphatic rings. The third kappa shape index (κ3) is 7.77. The van der Waals surface area contributed by atoms with Gasteiger partial charge < -0.3 is 20.1 Å². The fraction of sp³-hybridized carbons (Fsp3) is 0.364. The lowest BCUT2D eigenvalue weighted by atomic mass is 10.1. The molecule has 0 aliphatic carbocycles. The predicted octanol–water partition coefficient (Wildman–Crippen LogP) is 2.29. The van der Waals surface area contributed by atoms with Crippen molar-refractivity contribution in [3.05, 3.63) is 53.6 Å². The molecule has 3 N–H and O–H groups in total. The van der Waals surface area contributed by atoms with Gasteiger partial charge in [0, 0.05) is 24.3 Å². The van der Waals surface area contributed by atoms with Gasteiger partial charge in [0.15, 0.2) is 18.1 Å². The predicted molar refractivity (Wildman–Crippen MR) is 122 cm³/mol. The zero-order chi connectivity index (χ0) is 23.6. The highest BCUT2D eigenvalue weighted by Crippen LogP contribution is 2.28. The van der Waals surface area contributed by atoms with E-state index >= 15 is 0 Å². The Morgan fingerprint density at radius 2 is 1.78 bits per heavy atom. The largest absolute Gasteiger partial charge is 0.493 e. The second kappa shape index (κ2) is 11.9. The van der Waals surface area contributed by atoms with Gasteiger partial charge in [-0.15, -0.1) is 0 Å². The Morgan fingerprint density at radius 3 is 2.47 bits per heavy atom. The van der Waals surface area contributed by atoms with Gasteiger partial charge in [0.05, 0.1) is 12.9 Å². The first-order valence-corrected chi connectivity index (χ1v) is 11.9. The minimum Gasteiger partial charge on any atom is -0.493 e. The molecular formula is C22H29N3O6S. The normalized spacial score (nSPS) is 10.8. The molecular weight excluding hydrogens is 434 g/mol. The molecule has 0 fully saturated rings. The first-order chi connectivity index (χ1) is 15.3. The zero-order valence-electron chi connectivity index (χ0n) is 18.4. The van der Waals surface area contributed by atoms with E-state index in [1.54, 1.807) is 43.3 Å². The van der Waals surface area contributed by atoms with E-state index in [0.717, 1.165) is 5.56 Å². The number of carbonyl (C=O) groups excluding carboxylic acids is 2. The topological polar surface area (TPSA) is 123 Å². The van der Waals surface area contributed by atoms with Crippen LogP contribution in [-0.2, 0) is 21.4 Å². The molecule has 9 nitrogen and oxygen atoms in total. The minimum absolute atomic E-state index is 0.00818. The standard InChI is InChI=1S/C22H29N3O6S/c1-4-11-32(28,29)25-18-8-6-7-17(13-18)22(27)24-14-16-9-10-19(20(12-16)30-3)31-15-21(26)23-5-2/h6-10,12-13,25H,4-5,11,14-15H2,1-3H3,(H,23,26)(H,24,27). The third-order valence-electron chi connectivity index (χ3n) is 4.28. The van der Waals surface area contributed by atoms with Crippen molar-refractivity contribution in [3.63, 3.8) is 0 Å². The lowest BCUT2D eigenvalue weighted by Gasteiger charge is -2.13. The second-order valence-electron chi connectivity index (χ2n) is 6.91. The molecule has 0 spiro atoms. The Hall–Kier alpha value is -3.27. The maximum Gasteiger partial charge on any atom is 0.257 e. The van der Waals surface area contributed by atoms with Gasteiger partial charge in [-0.05, 0) is 49.2 Å². The summed E-state index contributed by atoms with van der Waals surface area (Å²) in [6.45, 7) is 4.21. The van der Waals surface area contributed by atoms with Crippen molar-refractivity contribution in [1.29, 1.82) is 0 Å². The summed E-state index contributed by atoms with van der Waals surface area (Å²) in [5, 5.41) is 5.44. The van der Waals surface area contributed by atoms with Crippen LogP contribution in [0.3, 0.4) is 0 Å². The average Bonchev–Trinajstić information content (AvgIpc) is 2.76. The first kappa shape index (κ1) is 25.0. The summed E-state index contributed by atoms with van der Waals surface area (Å²) in [7, 11) is -1.95. The first-order valence-electron chi connectivity index (χ1n) is 10.2. The summed E-state index contributed by atoms with van der Waals surface area (Å²) < 4.78 is 37.2. The third-order valence-corrected chi connectivity index (χ3v) is 5.78. The Balaban J connectivity index is 2.00. The summed E-state index contributed by atoms with van der Waals surface area (Å²) in [6.07, 6.45) is 0.495. The van der Waals surface area contributed by atoms with E-state index in [0.29, 0.717) is 35.7 Å². The van der Waals surface area contributed by atoms with Crippen LogP contribution in [0.15, 0.2) is 42.5 Å². The SMILES string of the molecule is CCCS(=O)(=O)Nc1cccc(C(=O)NCc2ccc(OCC(=O)NCC)c(OC)c2)c1. The number of methoxy groups -OCH3 is 1. The number of carbonyl (C=O) groups is 2. The lowest BCUT2D eigenvalue weighted by Crippen LogP contribution is -2.28. The molecule has 0 unspecified atom stereocenters. The molecule has 2 aromatic carbocycles. The molecule has 2 aromatic rings. The molecule has 2 amide bonds. The van der Waals surface area contributed by atoms with Gasteiger partial charge in [-0.3, -0.25) is 14.3 Å². The van der Waals surface area contributed by atoms with Gasteiger partial charge in [-0.1, -0.05) is 19.1 Å². The van der Waals surface area contributed by atoms with Crippen molar-refractivity contribution in [1.82, 2.24) is 10.6 Å². The Bertz CT molecular complexity index is 1040. The number of benzene rings is 2. The maximum atomic E-state index is 12.5. The number of nitrogens with one attached hydrogen (secondary N) is 3. The van der Waals surface area contributed by atoms with Crippen LogP contribution < -0.4 is 24.8 Å². The molecule has 32 heavy (non-hydrogen) atoms. The highest BCUT2D eigenvalue weighted by molar-refractivity contribution is 7.92. The summed E-state index contributed by atoms with van der Waals surface area (Å²) in [5.74, 6) is 0.283. The van der Waals surface area contributed by atoms with Gasteiger partial charge in [0.25, 0.3) is 11.8 Å². The van der Waals surface area contributed by atoms with Crippen LogP contribution in [0, 0.1) is 0 Å². The van der Waals surface area contributed by atoms with E-state index in [9.17, 15) is 18.0 Å². The van der Waals surface area contributed by atoms with Crippen molar-refractivity contribution < 1.29 is 27.5 Å². The van der Waals surface area contributed by atoms with Crippen LogP contribution in [-0.4, -0.2) is 46.2 Å². The molecule has 0 heterocycles. The van der Waals surface area contributed by atoms with Gasteiger partial charge in [-0.2, -0.15) is 0 Å². The van der Waals surface area contributed by atoms with Gasteiger partial charge in [-0.25, -0.2) is 8.42 Å². The van der Waals surface area contributed by atoms with E-state index in [2.05, 4.69) is 15.4 Å². The molecule has 0 radical (unpaired) electrons. The summed E-state index contributed by atoms with van der Waals surface area (Å²) in [4.78, 5) is 24.1. The maximum absolute atomic E-state index is 12.5. The number of ether oxygens (including phenoxy) is 2. The van der Waals surface area contributed by atoms with Crippen LogP contribution in [0.2, 0.25) is 0 Å². The average molecular weight is 464 g/mol. The summed E-state index contributed by atoms with van der Waals surface area (Å²) in [6, 6.07) is 11.4. The number of hydrogen-bond donors (Lipinski definition) is 3. The molecule has 0 aliphatic heterocycles. The quantitative estimate of drug-likeness (QED) is 0.444. The number of likely N-dealkylation sites (N-methyl/N-ethyl adjacent to an activating group) is 1. The van der Waals surface area contributed by atoms with Crippen molar-refractivity contribution in [2.75, 3.05) is 30.7 Å². The fourth-order valence-electron chi connectivity index (χ4n) is 2.84. The number of hydrogen-bond acceptors (Lipinski definition) is 6. The smallest absolute Gasteiger partial charge is 0.257 e. The van der Waals surface area contributed by atoms with Gasteiger partial charge in [0.1, 0.15) is 0 Å². The van der Waals surface area contributed by atoms with E-state index in [1.807, 2.05) is 6.92 Å². The van der Waals surface area contributed by atoms with E-state index in [1.165, 1.54) is 13.2 Å². The Kier molecular flexibility index (Phi) is 9.33. The molecule has 10 heteroatoms. The van der Waals surface area contributed by atoms with E-state index < -0.39 is 10.0 Å². The van der Waals surface area contributed by atoms with E-state index in [-0.39, 0.29) is 30.7 Å². The molecule has 0 bridgehead atoms. The van der Waals surface area contributed by atoms with Crippen LogP contribution in [0.4, 0.5) is 5.69 Å². The van der Waals surface area contributed by atoms with Crippen molar-refractivity contribution in [3.8, 4) is 11.5 Å². The Morgan fingerprint density at radius 1 is 1.00 bits per heavy atom. The van der Waals surface area contributed by atoms with Gasteiger partial charge >= 0.3 is 0 Å². The molecule has 174 valence electrons. The van der Waals surface area contributed by atoms with Crippen molar-refractivity contribution in [2.45, 2.75) is 26.8 Å². The summed E-state index contributed by atoms with van der Waals surface area (Å²) >= 11 is 0. The molecule has 0 saturated heterocycles. The van der Waals surface area contributed by atoms with Crippen LogP contribution in [0.5, 0.6) is 11.5 Å². The second-order valence-corrected chi connectivity index (χ2v) is 8.75. The van der Waals surface area contributed by atoms with Crippen molar-refractivity contribution in [2.24, 2.45) is 0 Å². The number of sulfonamides is 1. The molecule has 0 saturated carbocycles. The van der Waals surface area contributed by atoms with Gasteiger partial charge in [0.2, 0.25) is 10.0 Å². The number of anilines is 1. The lowest BCUT2D eigenvalue weighted by molar-refractivity contribution is -0.123.